The van der Waals surface area contributed by atoms with Crippen molar-refractivity contribution in [2.45, 2.75) is 71.2 Å². The number of hydrogen-bond donors (Lipinski definition) is 4. The van der Waals surface area contributed by atoms with Crippen molar-refractivity contribution in [2.24, 2.45) is 5.73 Å². The van der Waals surface area contributed by atoms with Gasteiger partial charge in [0, 0.05) is 24.6 Å². The number of nitrogens with two attached hydrogens (primary N) is 1. The van der Waals surface area contributed by atoms with Crippen LogP contribution in [-0.2, 0) is 19.1 Å². The first-order valence-corrected chi connectivity index (χ1v) is 13.4. The number of hydrogen-bond acceptors (Lipinski definition) is 7. The third kappa shape index (κ3) is 11.5. The number of amides is 4. The van der Waals surface area contributed by atoms with Crippen LogP contribution in [0.2, 0.25) is 0 Å². The first-order valence-electron chi connectivity index (χ1n) is 13.4. The maximum absolute atomic E-state index is 12.2. The second kappa shape index (κ2) is 14.3. The van der Waals surface area contributed by atoms with Crippen LogP contribution in [0.25, 0.3) is 11.1 Å². The summed E-state index contributed by atoms with van der Waals surface area (Å²) in [4.78, 5) is 59.3. The number of benzene rings is 2. The quantitative estimate of drug-likeness (QED) is 0.398. The molecule has 1 heterocycles. The lowest BCUT2D eigenvalue weighted by Crippen LogP contribution is -2.45. The zero-order chi connectivity index (χ0) is 31.7. The number of aliphatic carboxylic acids is 1. The van der Waals surface area contributed by atoms with E-state index in [9.17, 15) is 29.1 Å². The van der Waals surface area contributed by atoms with E-state index in [4.69, 9.17) is 15.2 Å². The van der Waals surface area contributed by atoms with E-state index in [1.807, 2.05) is 42.5 Å². The van der Waals surface area contributed by atoms with Crippen LogP contribution >= 0.6 is 0 Å². The van der Waals surface area contributed by atoms with E-state index < -0.39 is 53.3 Å². The van der Waals surface area contributed by atoms with Gasteiger partial charge in [0.05, 0.1) is 0 Å². The molecule has 0 bridgehead atoms. The summed E-state index contributed by atoms with van der Waals surface area (Å²) in [6, 6.07) is 15.5. The van der Waals surface area contributed by atoms with Gasteiger partial charge in [0.25, 0.3) is 0 Å². The highest BCUT2D eigenvalue weighted by Crippen LogP contribution is 2.22. The predicted octanol–water partition coefficient (Wildman–Crippen LogP) is 3.54. The molecule has 0 saturated carbocycles. The molecule has 4 amide bonds. The Morgan fingerprint density at radius 3 is 2.05 bits per heavy atom. The van der Waals surface area contributed by atoms with Crippen LogP contribution in [0.15, 0.2) is 54.6 Å². The fourth-order valence-corrected chi connectivity index (χ4v) is 3.92. The van der Waals surface area contributed by atoms with Crippen molar-refractivity contribution in [2.75, 3.05) is 13.1 Å². The summed E-state index contributed by atoms with van der Waals surface area (Å²) in [5.74, 6) is -2.08. The SMILES string of the molecule is CC(C)(C)OC(=O)NCC(=O)N[C@H]1C[C@H](C(=O)O)N(C(=O)OC(C)(C)C)C1.NC(=O)c1cccc(-c2ccccc2)c1. The minimum Gasteiger partial charge on any atom is -0.480 e. The number of rotatable bonds is 6. The third-order valence-electron chi connectivity index (χ3n) is 5.63. The molecule has 3 rings (SSSR count). The summed E-state index contributed by atoms with van der Waals surface area (Å²) >= 11 is 0. The molecule has 12 nitrogen and oxygen atoms in total. The molecule has 0 radical (unpaired) electrons. The molecule has 0 unspecified atom stereocenters. The van der Waals surface area contributed by atoms with Crippen LogP contribution in [-0.4, -0.2) is 76.4 Å². The van der Waals surface area contributed by atoms with Gasteiger partial charge < -0.3 is 30.9 Å². The van der Waals surface area contributed by atoms with Crippen molar-refractivity contribution in [1.82, 2.24) is 15.5 Å². The van der Waals surface area contributed by atoms with Gasteiger partial charge in [0.1, 0.15) is 23.8 Å². The molecule has 228 valence electrons. The van der Waals surface area contributed by atoms with Crippen LogP contribution in [0, 0.1) is 0 Å². The topological polar surface area (TPSA) is 177 Å². The fourth-order valence-electron chi connectivity index (χ4n) is 3.92. The molecule has 42 heavy (non-hydrogen) atoms. The molecule has 2 aromatic carbocycles. The molecule has 0 aliphatic carbocycles. The summed E-state index contributed by atoms with van der Waals surface area (Å²) in [5, 5.41) is 14.3. The minimum atomic E-state index is -1.18. The smallest absolute Gasteiger partial charge is 0.411 e. The number of carboxylic acids is 1. The van der Waals surface area contributed by atoms with Gasteiger partial charge >= 0.3 is 18.2 Å². The zero-order valence-corrected chi connectivity index (χ0v) is 24.8. The normalized spacial score (nSPS) is 16.4. The first-order chi connectivity index (χ1) is 19.4. The predicted molar refractivity (Wildman–Crippen MR) is 156 cm³/mol. The van der Waals surface area contributed by atoms with Gasteiger partial charge in [-0.15, -0.1) is 0 Å². The minimum absolute atomic E-state index is 0.00403. The molecular weight excluding hydrogens is 544 g/mol. The number of nitrogens with one attached hydrogen (secondary N) is 2. The van der Waals surface area contributed by atoms with Gasteiger partial charge in [-0.25, -0.2) is 14.4 Å². The van der Waals surface area contributed by atoms with Crippen LogP contribution in [0.1, 0.15) is 58.3 Å². The highest BCUT2D eigenvalue weighted by Gasteiger charge is 2.42. The van der Waals surface area contributed by atoms with E-state index >= 15 is 0 Å². The molecule has 0 spiro atoms. The van der Waals surface area contributed by atoms with Crippen LogP contribution < -0.4 is 16.4 Å². The summed E-state index contributed by atoms with van der Waals surface area (Å²) in [6.45, 7) is 9.81. The monoisotopic (exact) mass is 584 g/mol. The molecule has 1 saturated heterocycles. The van der Waals surface area contributed by atoms with E-state index in [-0.39, 0.29) is 19.5 Å². The molecule has 1 aliphatic rings. The van der Waals surface area contributed by atoms with Crippen molar-refractivity contribution in [3.8, 4) is 11.1 Å². The highest BCUT2D eigenvalue weighted by molar-refractivity contribution is 5.94. The average Bonchev–Trinajstić information content (AvgIpc) is 3.31. The second-order valence-electron chi connectivity index (χ2n) is 11.7. The summed E-state index contributed by atoms with van der Waals surface area (Å²) in [5.41, 5.74) is 6.40. The zero-order valence-electron chi connectivity index (χ0n) is 24.8. The van der Waals surface area contributed by atoms with Crippen molar-refractivity contribution in [1.29, 1.82) is 0 Å². The third-order valence-corrected chi connectivity index (χ3v) is 5.63. The largest absolute Gasteiger partial charge is 0.480 e. The first kappa shape index (κ1) is 33.6. The Bertz CT molecular complexity index is 1270. The number of alkyl carbamates (subject to hydrolysis) is 1. The Kier molecular flexibility index (Phi) is 11.5. The lowest BCUT2D eigenvalue weighted by molar-refractivity contribution is -0.142. The molecule has 1 fully saturated rings. The Morgan fingerprint density at radius 2 is 1.50 bits per heavy atom. The lowest BCUT2D eigenvalue weighted by Gasteiger charge is -2.26. The maximum Gasteiger partial charge on any atom is 0.411 e. The number of carbonyl (C=O) groups excluding carboxylic acids is 4. The number of nitrogens with zero attached hydrogens (tertiary/aromatic N) is 1. The fraction of sp³-hybridized carbons (Fsp3) is 0.433. The Hall–Kier alpha value is -4.61. The number of primary amides is 1. The number of likely N-dealkylation sites (tertiary alicyclic amines) is 1. The van der Waals surface area contributed by atoms with E-state index in [1.54, 1.807) is 53.7 Å². The van der Waals surface area contributed by atoms with Crippen molar-refractivity contribution >= 4 is 30.0 Å². The van der Waals surface area contributed by atoms with E-state index in [2.05, 4.69) is 10.6 Å². The van der Waals surface area contributed by atoms with Crippen LogP contribution in [0.3, 0.4) is 0 Å². The number of ether oxygens (including phenoxy) is 2. The molecule has 1 aliphatic heterocycles. The molecule has 2 aromatic rings. The van der Waals surface area contributed by atoms with Gasteiger partial charge in [-0.05, 0) is 64.8 Å². The van der Waals surface area contributed by atoms with E-state index in [0.29, 0.717) is 5.56 Å². The van der Waals surface area contributed by atoms with E-state index in [1.165, 1.54) is 0 Å². The van der Waals surface area contributed by atoms with Crippen molar-refractivity contribution < 1.29 is 38.6 Å². The Balaban J connectivity index is 0.000000343. The van der Waals surface area contributed by atoms with E-state index in [0.717, 1.165) is 16.0 Å². The summed E-state index contributed by atoms with van der Waals surface area (Å²) in [6.07, 6.45) is -1.44. The highest BCUT2D eigenvalue weighted by atomic mass is 16.6. The molecular formula is C30H40N4O8. The van der Waals surface area contributed by atoms with Gasteiger partial charge in [-0.2, -0.15) is 0 Å². The standard InChI is InChI=1S/C17H29N3O7.C13H11NO/c1-16(2,3)26-14(24)18-8-12(21)19-10-7-11(13(22)23)20(9-10)15(25)27-17(4,5)6;14-13(15)12-8-4-7-11(9-12)10-5-2-1-3-6-10/h10-11H,7-9H2,1-6H3,(H,18,24)(H,19,21)(H,22,23);1-9H,(H2,14,15)/t10-,11+;/m0./s1. The number of carbonyl (C=O) groups is 5. The average molecular weight is 585 g/mol. The van der Waals surface area contributed by atoms with Gasteiger partial charge in [-0.3, -0.25) is 14.5 Å². The molecule has 5 N–H and O–H groups in total. The van der Waals surface area contributed by atoms with Gasteiger partial charge in [0.15, 0.2) is 0 Å². The van der Waals surface area contributed by atoms with Crippen molar-refractivity contribution in [3.63, 3.8) is 0 Å². The van der Waals surface area contributed by atoms with Gasteiger partial charge in [0.2, 0.25) is 11.8 Å². The molecule has 12 heteroatoms. The second-order valence-corrected chi connectivity index (χ2v) is 11.7. The molecule has 2 atom stereocenters. The Labute approximate surface area is 245 Å². The maximum atomic E-state index is 12.2. The van der Waals surface area contributed by atoms with Crippen LogP contribution in [0.4, 0.5) is 9.59 Å². The lowest BCUT2D eigenvalue weighted by atomic mass is 10.0. The van der Waals surface area contributed by atoms with Crippen molar-refractivity contribution in [3.05, 3.63) is 60.2 Å². The summed E-state index contributed by atoms with van der Waals surface area (Å²) < 4.78 is 10.2. The van der Waals surface area contributed by atoms with Crippen LogP contribution in [0.5, 0.6) is 0 Å². The van der Waals surface area contributed by atoms with Gasteiger partial charge in [-0.1, -0.05) is 42.5 Å². The molecule has 0 aromatic heterocycles. The summed E-state index contributed by atoms with van der Waals surface area (Å²) in [7, 11) is 0. The number of carboxylic acid groups (broad SMARTS) is 1. The Morgan fingerprint density at radius 1 is 0.905 bits per heavy atom.